The van der Waals surface area contributed by atoms with E-state index >= 15 is 0 Å². The van der Waals surface area contributed by atoms with Crippen LogP contribution in [0.5, 0.6) is 0 Å². The Morgan fingerprint density at radius 3 is 2.48 bits per heavy atom. The van der Waals surface area contributed by atoms with Crippen molar-refractivity contribution in [2.24, 2.45) is 0 Å². The average Bonchev–Trinajstić information content (AvgIpc) is 2.45. The summed E-state index contributed by atoms with van der Waals surface area (Å²) in [5, 5.41) is 9.54. The van der Waals surface area contributed by atoms with Crippen LogP contribution in [0.1, 0.15) is 16.1 Å². The Hall–Kier alpha value is -2.40. The van der Waals surface area contributed by atoms with Crippen molar-refractivity contribution in [3.05, 3.63) is 58.9 Å². The zero-order valence-corrected chi connectivity index (χ0v) is 12.0. The summed E-state index contributed by atoms with van der Waals surface area (Å²) >= 11 is 5.81. The largest absolute Gasteiger partial charge is 0.480 e. The third kappa shape index (κ3) is 3.58. The Morgan fingerprint density at radius 1 is 1.24 bits per heavy atom. The van der Waals surface area contributed by atoms with E-state index in [9.17, 15) is 9.59 Å². The number of anilines is 1. The lowest BCUT2D eigenvalue weighted by atomic mass is 10.1. The zero-order chi connectivity index (χ0) is 15.4. The molecule has 1 aromatic carbocycles. The van der Waals surface area contributed by atoms with Gasteiger partial charge in [0.1, 0.15) is 6.54 Å². The van der Waals surface area contributed by atoms with Crippen LogP contribution in [-0.2, 0) is 4.79 Å². The summed E-state index contributed by atoms with van der Waals surface area (Å²) < 4.78 is 0. The van der Waals surface area contributed by atoms with Gasteiger partial charge in [0.15, 0.2) is 0 Å². The molecule has 0 bridgehead atoms. The molecule has 0 atom stereocenters. The minimum Gasteiger partial charge on any atom is -0.480 e. The normalized spacial score (nSPS) is 10.2. The van der Waals surface area contributed by atoms with Crippen molar-refractivity contribution in [1.29, 1.82) is 0 Å². The highest BCUT2D eigenvalue weighted by atomic mass is 35.5. The highest BCUT2D eigenvalue weighted by molar-refractivity contribution is 6.30. The van der Waals surface area contributed by atoms with Gasteiger partial charge in [-0.1, -0.05) is 11.6 Å². The fourth-order valence-corrected chi connectivity index (χ4v) is 2.02. The number of aryl methyl sites for hydroxylation is 1. The lowest BCUT2D eigenvalue weighted by molar-refractivity contribution is -0.135. The van der Waals surface area contributed by atoms with Gasteiger partial charge in [0.2, 0.25) is 0 Å². The van der Waals surface area contributed by atoms with Crippen LogP contribution < -0.4 is 4.90 Å². The molecule has 1 aromatic heterocycles. The maximum Gasteiger partial charge on any atom is 0.323 e. The van der Waals surface area contributed by atoms with E-state index in [4.69, 9.17) is 16.7 Å². The number of benzene rings is 1. The predicted molar refractivity (Wildman–Crippen MR) is 79.7 cm³/mol. The first-order chi connectivity index (χ1) is 9.99. The number of carboxylic acid groups (broad SMARTS) is 1. The van der Waals surface area contributed by atoms with Crippen molar-refractivity contribution in [2.75, 3.05) is 11.4 Å². The SMILES string of the molecule is Cc1ncccc1C(=O)N(CC(=O)O)c1ccc(Cl)cc1. The Kier molecular flexibility index (Phi) is 4.55. The summed E-state index contributed by atoms with van der Waals surface area (Å²) in [6.45, 7) is 1.27. The number of carboxylic acids is 1. The fourth-order valence-electron chi connectivity index (χ4n) is 1.89. The van der Waals surface area contributed by atoms with Crippen molar-refractivity contribution in [2.45, 2.75) is 6.92 Å². The predicted octanol–water partition coefficient (Wildman–Crippen LogP) is 2.77. The number of hydrogen-bond donors (Lipinski definition) is 1. The van der Waals surface area contributed by atoms with Gasteiger partial charge in [0.05, 0.1) is 5.56 Å². The van der Waals surface area contributed by atoms with Gasteiger partial charge in [-0.2, -0.15) is 0 Å². The summed E-state index contributed by atoms with van der Waals surface area (Å²) in [6.07, 6.45) is 1.58. The van der Waals surface area contributed by atoms with Crippen LogP contribution in [0.4, 0.5) is 5.69 Å². The van der Waals surface area contributed by atoms with Gasteiger partial charge in [0.25, 0.3) is 5.91 Å². The quantitative estimate of drug-likeness (QED) is 0.943. The molecule has 0 unspecified atom stereocenters. The number of aliphatic carboxylic acids is 1. The molecule has 1 N–H and O–H groups in total. The molecule has 0 spiro atoms. The molecule has 2 aromatic rings. The van der Waals surface area contributed by atoms with Crippen LogP contribution in [0.25, 0.3) is 0 Å². The second-order valence-corrected chi connectivity index (χ2v) is 4.83. The standard InChI is InChI=1S/C15H13ClN2O3/c1-10-13(3-2-8-17-10)15(21)18(9-14(19)20)12-6-4-11(16)5-7-12/h2-8H,9H2,1H3,(H,19,20). The van der Waals surface area contributed by atoms with Gasteiger partial charge in [-0.15, -0.1) is 0 Å². The molecule has 21 heavy (non-hydrogen) atoms. The van der Waals surface area contributed by atoms with Crippen molar-refractivity contribution < 1.29 is 14.7 Å². The van der Waals surface area contributed by atoms with E-state index in [0.717, 1.165) is 0 Å². The molecule has 6 heteroatoms. The smallest absolute Gasteiger partial charge is 0.323 e. The highest BCUT2D eigenvalue weighted by Gasteiger charge is 2.22. The minimum atomic E-state index is -1.10. The molecular formula is C15H13ClN2O3. The molecular weight excluding hydrogens is 292 g/mol. The second kappa shape index (κ2) is 6.37. The summed E-state index contributed by atoms with van der Waals surface area (Å²) in [5.74, 6) is -1.51. The first-order valence-electron chi connectivity index (χ1n) is 6.20. The Bertz CT molecular complexity index is 671. The monoisotopic (exact) mass is 304 g/mol. The molecule has 0 aliphatic heterocycles. The topological polar surface area (TPSA) is 70.5 Å². The number of carbonyl (C=O) groups is 2. The van der Waals surface area contributed by atoms with E-state index in [1.165, 1.54) is 4.90 Å². The summed E-state index contributed by atoms with van der Waals surface area (Å²) in [4.78, 5) is 28.8. The van der Waals surface area contributed by atoms with Crippen molar-refractivity contribution in [1.82, 2.24) is 4.98 Å². The maximum absolute atomic E-state index is 12.6. The van der Waals surface area contributed by atoms with Gasteiger partial charge < -0.3 is 5.11 Å². The van der Waals surface area contributed by atoms with E-state index in [1.54, 1.807) is 49.5 Å². The number of halogens is 1. The van der Waals surface area contributed by atoms with Crippen LogP contribution >= 0.6 is 11.6 Å². The van der Waals surface area contributed by atoms with Crippen LogP contribution in [0, 0.1) is 6.92 Å². The van der Waals surface area contributed by atoms with Crippen LogP contribution in [0.15, 0.2) is 42.6 Å². The number of aromatic nitrogens is 1. The molecule has 0 aliphatic carbocycles. The average molecular weight is 305 g/mol. The van der Waals surface area contributed by atoms with Gasteiger partial charge in [-0.3, -0.25) is 19.5 Å². The van der Waals surface area contributed by atoms with Crippen LogP contribution in [-0.4, -0.2) is 28.5 Å². The molecule has 5 nitrogen and oxygen atoms in total. The second-order valence-electron chi connectivity index (χ2n) is 4.40. The molecule has 1 amide bonds. The first kappa shape index (κ1) is 15.0. The molecule has 0 saturated carbocycles. The van der Waals surface area contributed by atoms with Gasteiger partial charge >= 0.3 is 5.97 Å². The number of carbonyl (C=O) groups excluding carboxylic acids is 1. The van der Waals surface area contributed by atoms with E-state index < -0.39 is 18.4 Å². The summed E-state index contributed by atoms with van der Waals surface area (Å²) in [7, 11) is 0. The Morgan fingerprint density at radius 2 is 1.90 bits per heavy atom. The maximum atomic E-state index is 12.6. The van der Waals surface area contributed by atoms with Crippen LogP contribution in [0.2, 0.25) is 5.02 Å². The number of hydrogen-bond acceptors (Lipinski definition) is 3. The number of nitrogens with zero attached hydrogens (tertiary/aromatic N) is 2. The molecule has 2 rings (SSSR count). The van der Waals surface area contributed by atoms with Gasteiger partial charge in [-0.05, 0) is 43.3 Å². The third-order valence-electron chi connectivity index (χ3n) is 2.91. The third-order valence-corrected chi connectivity index (χ3v) is 3.17. The molecule has 0 fully saturated rings. The molecule has 0 saturated heterocycles. The molecule has 108 valence electrons. The van der Waals surface area contributed by atoms with Gasteiger partial charge in [0, 0.05) is 22.6 Å². The fraction of sp³-hybridized carbons (Fsp3) is 0.133. The summed E-state index contributed by atoms with van der Waals surface area (Å²) in [5.41, 5.74) is 1.38. The van der Waals surface area contributed by atoms with E-state index in [0.29, 0.717) is 22.0 Å². The zero-order valence-electron chi connectivity index (χ0n) is 11.3. The molecule has 0 radical (unpaired) electrons. The first-order valence-corrected chi connectivity index (χ1v) is 6.57. The highest BCUT2D eigenvalue weighted by Crippen LogP contribution is 2.20. The number of amides is 1. The lowest BCUT2D eigenvalue weighted by Crippen LogP contribution is -2.36. The van der Waals surface area contributed by atoms with Crippen molar-refractivity contribution in [3.8, 4) is 0 Å². The minimum absolute atomic E-state index is 0.369. The van der Waals surface area contributed by atoms with E-state index in [1.807, 2.05) is 0 Å². The van der Waals surface area contributed by atoms with E-state index in [-0.39, 0.29) is 0 Å². The number of rotatable bonds is 4. The summed E-state index contributed by atoms with van der Waals surface area (Å²) in [6, 6.07) is 9.68. The number of pyridine rings is 1. The Labute approximate surface area is 126 Å². The van der Waals surface area contributed by atoms with Gasteiger partial charge in [-0.25, -0.2) is 0 Å². The van der Waals surface area contributed by atoms with Crippen molar-refractivity contribution in [3.63, 3.8) is 0 Å². The van der Waals surface area contributed by atoms with E-state index in [2.05, 4.69) is 4.98 Å². The lowest BCUT2D eigenvalue weighted by Gasteiger charge is -2.21. The Balaban J connectivity index is 2.40. The van der Waals surface area contributed by atoms with Crippen LogP contribution in [0.3, 0.4) is 0 Å². The molecule has 0 aliphatic rings. The molecule has 1 heterocycles. The van der Waals surface area contributed by atoms with Crippen molar-refractivity contribution >= 4 is 29.2 Å².